The van der Waals surface area contributed by atoms with Gasteiger partial charge in [0.2, 0.25) is 0 Å². The molecule has 1 saturated carbocycles. The van der Waals surface area contributed by atoms with Gasteiger partial charge >= 0.3 is 0 Å². The van der Waals surface area contributed by atoms with Crippen LogP contribution in [0.5, 0.6) is 0 Å². The van der Waals surface area contributed by atoms with Crippen molar-refractivity contribution in [2.45, 2.75) is 38.7 Å². The van der Waals surface area contributed by atoms with Gasteiger partial charge in [-0.3, -0.25) is 0 Å². The summed E-state index contributed by atoms with van der Waals surface area (Å²) in [6.45, 7) is 2.20. The average Bonchev–Trinajstić information content (AvgIpc) is 2.42. The van der Waals surface area contributed by atoms with Crippen molar-refractivity contribution in [2.75, 3.05) is 0 Å². The van der Waals surface area contributed by atoms with Crippen LogP contribution < -0.4 is 0 Å². The molecule has 0 aliphatic heterocycles. The first-order valence-electron chi connectivity index (χ1n) is 6.53. The maximum absolute atomic E-state index is 10.6. The Kier molecular flexibility index (Phi) is 4.55. The maximum atomic E-state index is 10.6. The van der Waals surface area contributed by atoms with E-state index < -0.39 is 11.5 Å². The molecule has 1 fully saturated rings. The summed E-state index contributed by atoms with van der Waals surface area (Å²) in [5.41, 5.74) is 0.104. The van der Waals surface area contributed by atoms with E-state index in [1.165, 1.54) is 0 Å². The van der Waals surface area contributed by atoms with Crippen molar-refractivity contribution in [3.8, 4) is 6.07 Å². The maximum Gasteiger partial charge on any atom is 0.0976 e. The highest BCUT2D eigenvalue weighted by atomic mass is 79.9. The molecule has 102 valence electrons. The van der Waals surface area contributed by atoms with Gasteiger partial charge in [-0.1, -0.05) is 24.6 Å². The van der Waals surface area contributed by atoms with E-state index in [1.807, 2.05) is 6.07 Å². The summed E-state index contributed by atoms with van der Waals surface area (Å²) < 4.78 is 0.753. The third-order valence-corrected chi connectivity index (χ3v) is 5.39. The van der Waals surface area contributed by atoms with Gasteiger partial charge in [0.05, 0.1) is 22.6 Å². The molecule has 0 heterocycles. The number of rotatable bonds is 2. The number of halogens is 2. The van der Waals surface area contributed by atoms with Crippen LogP contribution in [0.15, 0.2) is 22.7 Å². The van der Waals surface area contributed by atoms with Crippen LogP contribution in [-0.4, -0.2) is 5.11 Å². The standard InChI is InChI=1S/C15H17BrClNO/c1-10-4-6-15(9-18,7-5-10)14(19)11-2-3-13(17)12(16)8-11/h2-3,8,10,14,19H,4-7H2,1H3. The number of hydrogen-bond acceptors (Lipinski definition) is 2. The Morgan fingerprint density at radius 1 is 1.47 bits per heavy atom. The zero-order valence-corrected chi connectivity index (χ0v) is 13.2. The van der Waals surface area contributed by atoms with Gasteiger partial charge in [0, 0.05) is 4.47 Å². The van der Waals surface area contributed by atoms with Crippen molar-refractivity contribution < 1.29 is 5.11 Å². The second-order valence-corrected chi connectivity index (χ2v) is 6.79. The van der Waals surface area contributed by atoms with Crippen LogP contribution in [-0.2, 0) is 0 Å². The Labute approximate surface area is 127 Å². The predicted octanol–water partition coefficient (Wildman–Crippen LogP) is 4.86. The molecular weight excluding hydrogens is 326 g/mol. The first kappa shape index (κ1) is 14.8. The lowest BCUT2D eigenvalue weighted by Crippen LogP contribution is -2.32. The van der Waals surface area contributed by atoms with Crippen LogP contribution in [0.2, 0.25) is 5.02 Å². The van der Waals surface area contributed by atoms with E-state index in [0.29, 0.717) is 10.9 Å². The van der Waals surface area contributed by atoms with Crippen LogP contribution in [0.25, 0.3) is 0 Å². The zero-order chi connectivity index (χ0) is 14.0. The van der Waals surface area contributed by atoms with Crippen molar-refractivity contribution in [1.29, 1.82) is 5.26 Å². The minimum absolute atomic E-state index is 0.610. The third-order valence-electron chi connectivity index (χ3n) is 4.17. The lowest BCUT2D eigenvalue weighted by Gasteiger charge is -2.37. The number of nitriles is 1. The van der Waals surface area contributed by atoms with Gasteiger partial charge in [-0.05, 0) is 65.2 Å². The van der Waals surface area contributed by atoms with Gasteiger partial charge in [0.25, 0.3) is 0 Å². The molecule has 0 radical (unpaired) electrons. The van der Waals surface area contributed by atoms with E-state index in [1.54, 1.807) is 12.1 Å². The van der Waals surface area contributed by atoms with Crippen molar-refractivity contribution in [1.82, 2.24) is 0 Å². The van der Waals surface area contributed by atoms with Gasteiger partial charge in [0.1, 0.15) is 0 Å². The summed E-state index contributed by atoms with van der Waals surface area (Å²) in [6, 6.07) is 7.73. The van der Waals surface area contributed by atoms with Crippen molar-refractivity contribution >= 4 is 27.5 Å². The average molecular weight is 343 g/mol. The van der Waals surface area contributed by atoms with E-state index in [-0.39, 0.29) is 0 Å². The molecule has 2 rings (SSSR count). The summed E-state index contributed by atoms with van der Waals surface area (Å²) in [6.07, 6.45) is 2.76. The van der Waals surface area contributed by atoms with Crippen LogP contribution in [0.1, 0.15) is 44.3 Å². The largest absolute Gasteiger partial charge is 0.387 e. The predicted molar refractivity (Wildman–Crippen MR) is 79.8 cm³/mol. The van der Waals surface area contributed by atoms with Gasteiger partial charge in [-0.25, -0.2) is 0 Å². The lowest BCUT2D eigenvalue weighted by molar-refractivity contribution is 0.0266. The molecule has 0 spiro atoms. The number of aliphatic hydroxyl groups excluding tert-OH is 1. The highest BCUT2D eigenvalue weighted by Gasteiger charge is 2.41. The molecule has 1 atom stereocenters. The fourth-order valence-electron chi connectivity index (χ4n) is 2.73. The Morgan fingerprint density at radius 2 is 2.11 bits per heavy atom. The Morgan fingerprint density at radius 3 is 2.63 bits per heavy atom. The Bertz CT molecular complexity index is 503. The van der Waals surface area contributed by atoms with Crippen LogP contribution in [0, 0.1) is 22.7 Å². The van der Waals surface area contributed by atoms with E-state index in [2.05, 4.69) is 28.9 Å². The van der Waals surface area contributed by atoms with E-state index in [4.69, 9.17) is 11.6 Å². The smallest absolute Gasteiger partial charge is 0.0976 e. The number of hydrogen-bond donors (Lipinski definition) is 1. The monoisotopic (exact) mass is 341 g/mol. The summed E-state index contributed by atoms with van der Waals surface area (Å²) in [4.78, 5) is 0. The van der Waals surface area contributed by atoms with E-state index >= 15 is 0 Å². The van der Waals surface area contributed by atoms with Crippen molar-refractivity contribution in [2.24, 2.45) is 11.3 Å². The second-order valence-electron chi connectivity index (χ2n) is 5.53. The zero-order valence-electron chi connectivity index (χ0n) is 10.9. The van der Waals surface area contributed by atoms with Gasteiger partial charge < -0.3 is 5.11 Å². The molecule has 1 N–H and O–H groups in total. The van der Waals surface area contributed by atoms with Crippen molar-refractivity contribution in [3.63, 3.8) is 0 Å². The second kappa shape index (κ2) is 5.83. The molecule has 19 heavy (non-hydrogen) atoms. The van der Waals surface area contributed by atoms with E-state index in [0.717, 1.165) is 35.7 Å². The summed E-state index contributed by atoms with van der Waals surface area (Å²) in [5.74, 6) is 0.644. The molecule has 2 nitrogen and oxygen atoms in total. The molecule has 4 heteroatoms. The molecule has 1 aromatic rings. The fraction of sp³-hybridized carbons (Fsp3) is 0.533. The molecule has 1 aliphatic carbocycles. The lowest BCUT2D eigenvalue weighted by atomic mass is 9.67. The quantitative estimate of drug-likeness (QED) is 0.834. The van der Waals surface area contributed by atoms with Crippen LogP contribution in [0.3, 0.4) is 0 Å². The topological polar surface area (TPSA) is 44.0 Å². The summed E-state index contributed by atoms with van der Waals surface area (Å²) >= 11 is 9.33. The molecule has 1 unspecified atom stereocenters. The SMILES string of the molecule is CC1CCC(C#N)(C(O)c2ccc(Cl)c(Br)c2)CC1. The third kappa shape index (κ3) is 2.97. The number of benzene rings is 1. The van der Waals surface area contributed by atoms with Gasteiger partial charge in [-0.2, -0.15) is 5.26 Å². The van der Waals surface area contributed by atoms with Gasteiger partial charge in [0.15, 0.2) is 0 Å². The minimum atomic E-state index is -0.751. The fourth-order valence-corrected chi connectivity index (χ4v) is 3.24. The van der Waals surface area contributed by atoms with Crippen LogP contribution >= 0.6 is 27.5 Å². The minimum Gasteiger partial charge on any atom is -0.387 e. The molecule has 0 aromatic heterocycles. The van der Waals surface area contributed by atoms with Crippen LogP contribution in [0.4, 0.5) is 0 Å². The molecule has 1 aromatic carbocycles. The summed E-state index contributed by atoms with van der Waals surface area (Å²) in [5, 5.41) is 20.8. The normalized spacial score (nSPS) is 28.7. The number of aliphatic hydroxyl groups is 1. The van der Waals surface area contributed by atoms with Crippen molar-refractivity contribution in [3.05, 3.63) is 33.3 Å². The highest BCUT2D eigenvalue weighted by molar-refractivity contribution is 9.10. The molecule has 0 amide bonds. The number of nitrogens with zero attached hydrogens (tertiary/aromatic N) is 1. The highest BCUT2D eigenvalue weighted by Crippen LogP contribution is 2.47. The summed E-state index contributed by atoms with van der Waals surface area (Å²) in [7, 11) is 0. The first-order chi connectivity index (χ1) is 8.98. The van der Waals surface area contributed by atoms with E-state index in [9.17, 15) is 10.4 Å². The molecule has 0 bridgehead atoms. The Hall–Kier alpha value is -0.560. The molecular formula is C15H17BrClNO. The first-order valence-corrected chi connectivity index (χ1v) is 7.70. The molecule has 0 saturated heterocycles. The Balaban J connectivity index is 2.28. The molecule has 1 aliphatic rings. The van der Waals surface area contributed by atoms with Gasteiger partial charge in [-0.15, -0.1) is 0 Å².